The van der Waals surface area contributed by atoms with Crippen molar-refractivity contribution in [3.05, 3.63) is 23.8 Å². The Bertz CT molecular complexity index is 407. The monoisotopic (exact) mass is 252 g/mol. The number of benzene rings is 1. The molecule has 0 bridgehead atoms. The van der Waals surface area contributed by atoms with Gasteiger partial charge in [0.2, 0.25) is 0 Å². The predicted octanol–water partition coefficient (Wildman–Crippen LogP) is 1.12. The number of carbonyl (C=O) groups is 1. The van der Waals surface area contributed by atoms with Gasteiger partial charge in [0.1, 0.15) is 5.75 Å². The topological polar surface area (TPSA) is 75.8 Å². The van der Waals surface area contributed by atoms with Gasteiger partial charge in [-0.3, -0.25) is 4.79 Å². The van der Waals surface area contributed by atoms with E-state index in [-0.39, 0.29) is 12.5 Å². The number of aliphatic hydroxyl groups excluding tert-OH is 1. The molecule has 0 saturated heterocycles. The minimum absolute atomic E-state index is 0.0673. The van der Waals surface area contributed by atoms with Gasteiger partial charge in [-0.05, 0) is 31.5 Å². The second kappa shape index (κ2) is 6.86. The number of nitrogen functional groups attached to an aromatic ring is 1. The lowest BCUT2D eigenvalue weighted by molar-refractivity contribution is 0.0751. The van der Waals surface area contributed by atoms with Crippen molar-refractivity contribution in [3.63, 3.8) is 0 Å². The first kappa shape index (κ1) is 14.3. The van der Waals surface area contributed by atoms with Crippen LogP contribution >= 0.6 is 0 Å². The number of hydrogen-bond donors (Lipinski definition) is 2. The van der Waals surface area contributed by atoms with Gasteiger partial charge in [0.15, 0.2) is 0 Å². The Morgan fingerprint density at radius 2 is 2.22 bits per heavy atom. The van der Waals surface area contributed by atoms with Crippen molar-refractivity contribution in [3.8, 4) is 5.75 Å². The Hall–Kier alpha value is -1.75. The van der Waals surface area contributed by atoms with Crippen LogP contribution < -0.4 is 10.5 Å². The summed E-state index contributed by atoms with van der Waals surface area (Å²) >= 11 is 0. The second-order valence-electron chi connectivity index (χ2n) is 3.92. The number of nitrogens with zero attached hydrogens (tertiary/aromatic N) is 1. The number of methoxy groups -OCH3 is 1. The highest BCUT2D eigenvalue weighted by Gasteiger charge is 2.18. The third-order valence-electron chi connectivity index (χ3n) is 2.71. The summed E-state index contributed by atoms with van der Waals surface area (Å²) in [5.41, 5.74) is 6.68. The molecule has 1 aromatic carbocycles. The zero-order valence-electron chi connectivity index (χ0n) is 10.8. The lowest BCUT2D eigenvalue weighted by atomic mass is 10.1. The maximum Gasteiger partial charge on any atom is 0.257 e. The third kappa shape index (κ3) is 3.37. The van der Waals surface area contributed by atoms with Gasteiger partial charge in [-0.1, -0.05) is 0 Å². The summed E-state index contributed by atoms with van der Waals surface area (Å²) < 4.78 is 5.17. The molecule has 0 aliphatic heterocycles. The van der Waals surface area contributed by atoms with E-state index in [1.54, 1.807) is 23.1 Å². The Labute approximate surface area is 107 Å². The second-order valence-corrected chi connectivity index (χ2v) is 3.92. The minimum Gasteiger partial charge on any atom is -0.496 e. The molecular formula is C13H20N2O3. The first-order valence-electron chi connectivity index (χ1n) is 5.97. The van der Waals surface area contributed by atoms with E-state index in [1.165, 1.54) is 7.11 Å². The molecule has 0 unspecified atom stereocenters. The molecule has 0 atom stereocenters. The first-order chi connectivity index (χ1) is 8.63. The fraction of sp³-hybridized carbons (Fsp3) is 0.462. The molecule has 0 fully saturated rings. The quantitative estimate of drug-likeness (QED) is 0.744. The van der Waals surface area contributed by atoms with Crippen molar-refractivity contribution in [2.24, 2.45) is 0 Å². The van der Waals surface area contributed by atoms with Crippen molar-refractivity contribution in [1.29, 1.82) is 0 Å². The van der Waals surface area contributed by atoms with Crippen LogP contribution in [-0.2, 0) is 0 Å². The van der Waals surface area contributed by atoms with E-state index in [0.717, 1.165) is 0 Å². The molecular weight excluding hydrogens is 232 g/mol. The molecule has 0 aliphatic rings. The van der Waals surface area contributed by atoms with Gasteiger partial charge in [0, 0.05) is 25.4 Å². The SMILES string of the molecule is CCN(CCCO)C(=O)c1cc(N)ccc1OC. The van der Waals surface area contributed by atoms with E-state index in [4.69, 9.17) is 15.6 Å². The van der Waals surface area contributed by atoms with Gasteiger partial charge in [0.25, 0.3) is 5.91 Å². The molecule has 0 aromatic heterocycles. The average Bonchev–Trinajstić information content (AvgIpc) is 2.39. The summed E-state index contributed by atoms with van der Waals surface area (Å²) in [5, 5.41) is 8.83. The maximum absolute atomic E-state index is 12.3. The van der Waals surface area contributed by atoms with Crippen molar-refractivity contribution in [2.75, 3.05) is 32.5 Å². The van der Waals surface area contributed by atoms with Crippen LogP contribution in [0.4, 0.5) is 5.69 Å². The lowest BCUT2D eigenvalue weighted by Gasteiger charge is -2.21. The Kier molecular flexibility index (Phi) is 5.45. The van der Waals surface area contributed by atoms with E-state index >= 15 is 0 Å². The van der Waals surface area contributed by atoms with Gasteiger partial charge in [-0.2, -0.15) is 0 Å². The van der Waals surface area contributed by atoms with Crippen molar-refractivity contribution in [2.45, 2.75) is 13.3 Å². The highest BCUT2D eigenvalue weighted by atomic mass is 16.5. The van der Waals surface area contributed by atoms with E-state index in [9.17, 15) is 4.79 Å². The zero-order valence-corrected chi connectivity index (χ0v) is 10.8. The van der Waals surface area contributed by atoms with Crippen LogP contribution in [0, 0.1) is 0 Å². The Balaban J connectivity index is 2.96. The molecule has 0 radical (unpaired) electrons. The van der Waals surface area contributed by atoms with E-state index < -0.39 is 0 Å². The van der Waals surface area contributed by atoms with E-state index in [2.05, 4.69) is 0 Å². The van der Waals surface area contributed by atoms with Crippen molar-refractivity contribution < 1.29 is 14.6 Å². The third-order valence-corrected chi connectivity index (χ3v) is 2.71. The van der Waals surface area contributed by atoms with Gasteiger partial charge < -0.3 is 20.5 Å². The summed E-state index contributed by atoms with van der Waals surface area (Å²) in [7, 11) is 1.52. The molecule has 5 nitrogen and oxygen atoms in total. The van der Waals surface area contributed by atoms with Crippen LogP contribution in [0.15, 0.2) is 18.2 Å². The summed E-state index contributed by atoms with van der Waals surface area (Å²) in [6.45, 7) is 3.06. The van der Waals surface area contributed by atoms with Crippen LogP contribution in [-0.4, -0.2) is 42.7 Å². The fourth-order valence-electron chi connectivity index (χ4n) is 1.73. The summed E-state index contributed by atoms with van der Waals surface area (Å²) in [5.74, 6) is 0.381. The Morgan fingerprint density at radius 3 is 2.78 bits per heavy atom. The summed E-state index contributed by atoms with van der Waals surface area (Å²) in [6, 6.07) is 4.99. The smallest absolute Gasteiger partial charge is 0.257 e. The van der Waals surface area contributed by atoms with Crippen LogP contribution in [0.1, 0.15) is 23.7 Å². The number of hydrogen-bond acceptors (Lipinski definition) is 4. The average molecular weight is 252 g/mol. The number of anilines is 1. The number of ether oxygens (including phenoxy) is 1. The van der Waals surface area contributed by atoms with Crippen molar-refractivity contribution >= 4 is 11.6 Å². The van der Waals surface area contributed by atoms with Crippen LogP contribution in [0.25, 0.3) is 0 Å². The predicted molar refractivity (Wildman–Crippen MR) is 70.7 cm³/mol. The van der Waals surface area contributed by atoms with Gasteiger partial charge in [-0.15, -0.1) is 0 Å². The van der Waals surface area contributed by atoms with E-state index in [1.807, 2.05) is 6.92 Å². The highest BCUT2D eigenvalue weighted by Crippen LogP contribution is 2.22. The standard InChI is InChI=1S/C13H20N2O3/c1-3-15(7-4-8-16)13(17)11-9-10(14)5-6-12(11)18-2/h5-6,9,16H,3-4,7-8,14H2,1-2H3. The van der Waals surface area contributed by atoms with Crippen LogP contribution in [0.2, 0.25) is 0 Å². The zero-order chi connectivity index (χ0) is 13.5. The molecule has 0 heterocycles. The molecule has 18 heavy (non-hydrogen) atoms. The molecule has 0 aliphatic carbocycles. The van der Waals surface area contributed by atoms with E-state index in [0.29, 0.717) is 36.5 Å². The van der Waals surface area contributed by atoms with Gasteiger partial charge >= 0.3 is 0 Å². The molecule has 1 rings (SSSR count). The molecule has 1 amide bonds. The molecule has 0 saturated carbocycles. The molecule has 100 valence electrons. The highest BCUT2D eigenvalue weighted by molar-refractivity contribution is 5.97. The molecule has 1 aromatic rings. The Morgan fingerprint density at radius 1 is 1.50 bits per heavy atom. The number of nitrogens with two attached hydrogens (primary N) is 1. The van der Waals surface area contributed by atoms with Crippen LogP contribution in [0.5, 0.6) is 5.75 Å². The van der Waals surface area contributed by atoms with Crippen LogP contribution in [0.3, 0.4) is 0 Å². The minimum atomic E-state index is -0.130. The number of aliphatic hydroxyl groups is 1. The summed E-state index contributed by atoms with van der Waals surface area (Å²) in [6.07, 6.45) is 0.560. The summed E-state index contributed by atoms with van der Waals surface area (Å²) in [4.78, 5) is 14.0. The number of rotatable bonds is 6. The molecule has 0 spiro atoms. The van der Waals surface area contributed by atoms with Gasteiger partial charge in [0.05, 0.1) is 12.7 Å². The normalized spacial score (nSPS) is 10.2. The van der Waals surface area contributed by atoms with Crippen molar-refractivity contribution in [1.82, 2.24) is 4.90 Å². The van der Waals surface area contributed by atoms with Gasteiger partial charge in [-0.25, -0.2) is 0 Å². The first-order valence-corrected chi connectivity index (χ1v) is 5.97. The lowest BCUT2D eigenvalue weighted by Crippen LogP contribution is -2.32. The number of carbonyl (C=O) groups excluding carboxylic acids is 1. The molecule has 5 heteroatoms. The fourth-order valence-corrected chi connectivity index (χ4v) is 1.73. The largest absolute Gasteiger partial charge is 0.496 e. The number of amides is 1. The molecule has 3 N–H and O–H groups in total. The maximum atomic E-state index is 12.3.